The molecular formula is C11H19ClN2O. The highest BCUT2D eigenvalue weighted by Gasteiger charge is 2.02. The van der Waals surface area contributed by atoms with Crippen LogP contribution in [-0.4, -0.2) is 31.1 Å². The van der Waals surface area contributed by atoms with Crippen LogP contribution >= 0.6 is 11.6 Å². The molecule has 1 heterocycles. The van der Waals surface area contributed by atoms with Crippen molar-refractivity contribution >= 4 is 11.6 Å². The third-order valence-corrected chi connectivity index (χ3v) is 2.65. The fourth-order valence-electron chi connectivity index (χ4n) is 1.17. The predicted molar refractivity (Wildman–Crippen MR) is 63.2 cm³/mol. The number of hydrogen-bond donors (Lipinski definition) is 1. The standard InChI is InChI=1S/C11H19ClN2O/c1-9(2)14(3)7-6-13-8-10-4-5-11(12)15-10/h4-5,9,13H,6-8H2,1-3H3. The minimum atomic E-state index is 0.450. The van der Waals surface area contributed by atoms with E-state index in [0.717, 1.165) is 25.4 Å². The van der Waals surface area contributed by atoms with Crippen LogP contribution in [0.3, 0.4) is 0 Å². The Morgan fingerprint density at radius 1 is 1.47 bits per heavy atom. The van der Waals surface area contributed by atoms with Crippen molar-refractivity contribution in [2.75, 3.05) is 20.1 Å². The van der Waals surface area contributed by atoms with Crippen LogP contribution in [0.4, 0.5) is 0 Å². The largest absolute Gasteiger partial charge is 0.448 e. The molecule has 86 valence electrons. The molecule has 0 radical (unpaired) electrons. The second-order valence-corrected chi connectivity index (χ2v) is 4.33. The summed E-state index contributed by atoms with van der Waals surface area (Å²) in [4.78, 5) is 2.29. The van der Waals surface area contributed by atoms with Gasteiger partial charge in [-0.2, -0.15) is 0 Å². The minimum Gasteiger partial charge on any atom is -0.448 e. The van der Waals surface area contributed by atoms with E-state index in [9.17, 15) is 0 Å². The van der Waals surface area contributed by atoms with Crippen molar-refractivity contribution in [1.82, 2.24) is 10.2 Å². The lowest BCUT2D eigenvalue weighted by Gasteiger charge is -2.20. The van der Waals surface area contributed by atoms with E-state index in [1.165, 1.54) is 0 Å². The molecule has 1 N–H and O–H groups in total. The molecule has 0 aliphatic heterocycles. The van der Waals surface area contributed by atoms with Gasteiger partial charge in [-0.1, -0.05) is 0 Å². The fourth-order valence-corrected chi connectivity index (χ4v) is 1.33. The van der Waals surface area contributed by atoms with Gasteiger partial charge in [-0.05, 0) is 44.6 Å². The Morgan fingerprint density at radius 3 is 2.73 bits per heavy atom. The quantitative estimate of drug-likeness (QED) is 0.761. The van der Waals surface area contributed by atoms with Gasteiger partial charge in [0.15, 0.2) is 5.22 Å². The third-order valence-electron chi connectivity index (χ3n) is 2.45. The Kier molecular flexibility index (Phi) is 5.15. The first kappa shape index (κ1) is 12.6. The van der Waals surface area contributed by atoms with Crippen molar-refractivity contribution in [3.05, 3.63) is 23.1 Å². The number of furan rings is 1. The summed E-state index contributed by atoms with van der Waals surface area (Å²) in [5.74, 6) is 0.882. The molecule has 0 unspecified atom stereocenters. The summed E-state index contributed by atoms with van der Waals surface area (Å²) in [6, 6.07) is 4.24. The molecule has 0 aliphatic rings. The summed E-state index contributed by atoms with van der Waals surface area (Å²) in [6.45, 7) is 7.09. The molecule has 15 heavy (non-hydrogen) atoms. The highest BCUT2D eigenvalue weighted by atomic mass is 35.5. The van der Waals surface area contributed by atoms with Gasteiger partial charge in [-0.3, -0.25) is 0 Å². The van der Waals surface area contributed by atoms with Crippen molar-refractivity contribution in [2.24, 2.45) is 0 Å². The van der Waals surface area contributed by atoms with E-state index in [2.05, 4.69) is 31.1 Å². The maximum Gasteiger partial charge on any atom is 0.193 e. The van der Waals surface area contributed by atoms with Crippen molar-refractivity contribution in [1.29, 1.82) is 0 Å². The molecule has 1 aromatic rings. The summed E-state index contributed by atoms with van der Waals surface area (Å²) >= 11 is 5.66. The highest BCUT2D eigenvalue weighted by Crippen LogP contribution is 2.12. The average Bonchev–Trinajstić information content (AvgIpc) is 2.58. The van der Waals surface area contributed by atoms with E-state index in [0.29, 0.717) is 11.3 Å². The Morgan fingerprint density at radius 2 is 2.20 bits per heavy atom. The van der Waals surface area contributed by atoms with Gasteiger partial charge >= 0.3 is 0 Å². The van der Waals surface area contributed by atoms with Gasteiger partial charge in [0.1, 0.15) is 5.76 Å². The molecule has 1 rings (SSSR count). The van der Waals surface area contributed by atoms with Gasteiger partial charge in [0.2, 0.25) is 0 Å². The monoisotopic (exact) mass is 230 g/mol. The van der Waals surface area contributed by atoms with Gasteiger partial charge in [0, 0.05) is 19.1 Å². The lowest BCUT2D eigenvalue weighted by atomic mass is 10.3. The maximum atomic E-state index is 5.66. The highest BCUT2D eigenvalue weighted by molar-refractivity contribution is 6.28. The Labute approximate surface area is 96.4 Å². The number of halogens is 1. The number of nitrogens with one attached hydrogen (secondary N) is 1. The lowest BCUT2D eigenvalue weighted by molar-refractivity contribution is 0.272. The second kappa shape index (κ2) is 6.16. The van der Waals surface area contributed by atoms with Crippen LogP contribution in [0.15, 0.2) is 16.5 Å². The number of nitrogens with zero attached hydrogens (tertiary/aromatic N) is 1. The summed E-state index contributed by atoms with van der Waals surface area (Å²) in [5.41, 5.74) is 0. The SMILES string of the molecule is CC(C)N(C)CCNCc1ccc(Cl)o1. The lowest BCUT2D eigenvalue weighted by Crippen LogP contribution is -2.33. The molecule has 3 nitrogen and oxygen atoms in total. The van der Waals surface area contributed by atoms with Crippen LogP contribution in [0.25, 0.3) is 0 Å². The zero-order valence-corrected chi connectivity index (χ0v) is 10.3. The smallest absolute Gasteiger partial charge is 0.193 e. The summed E-state index contributed by atoms with van der Waals surface area (Å²) in [6.07, 6.45) is 0. The molecule has 0 aromatic carbocycles. The van der Waals surface area contributed by atoms with Gasteiger partial charge in [-0.25, -0.2) is 0 Å². The van der Waals surface area contributed by atoms with Crippen molar-refractivity contribution < 1.29 is 4.42 Å². The van der Waals surface area contributed by atoms with Crippen LogP contribution in [0, 0.1) is 0 Å². The van der Waals surface area contributed by atoms with Gasteiger partial charge in [0.05, 0.1) is 6.54 Å². The maximum absolute atomic E-state index is 5.66. The predicted octanol–water partition coefficient (Wildman–Crippen LogP) is 2.36. The van der Waals surface area contributed by atoms with Crippen LogP contribution in [-0.2, 0) is 6.54 Å². The van der Waals surface area contributed by atoms with Crippen LogP contribution < -0.4 is 5.32 Å². The van der Waals surface area contributed by atoms with Crippen LogP contribution in [0.1, 0.15) is 19.6 Å². The van der Waals surface area contributed by atoms with Crippen molar-refractivity contribution in [3.8, 4) is 0 Å². The van der Waals surface area contributed by atoms with Crippen molar-refractivity contribution in [2.45, 2.75) is 26.4 Å². The Hall–Kier alpha value is -0.510. The molecule has 0 aliphatic carbocycles. The molecule has 1 aromatic heterocycles. The minimum absolute atomic E-state index is 0.450. The van der Waals surface area contributed by atoms with E-state index in [4.69, 9.17) is 16.0 Å². The molecule has 0 fully saturated rings. The first-order chi connectivity index (χ1) is 7.09. The Balaban J connectivity index is 2.12. The molecule has 0 bridgehead atoms. The molecule has 0 amide bonds. The normalized spacial score (nSPS) is 11.6. The van der Waals surface area contributed by atoms with E-state index in [1.807, 2.05) is 6.07 Å². The van der Waals surface area contributed by atoms with Gasteiger partial charge in [0.25, 0.3) is 0 Å². The van der Waals surface area contributed by atoms with Crippen molar-refractivity contribution in [3.63, 3.8) is 0 Å². The number of rotatable bonds is 6. The number of likely N-dealkylation sites (N-methyl/N-ethyl adjacent to an activating group) is 1. The van der Waals surface area contributed by atoms with E-state index in [-0.39, 0.29) is 0 Å². The van der Waals surface area contributed by atoms with E-state index < -0.39 is 0 Å². The average molecular weight is 231 g/mol. The third kappa shape index (κ3) is 4.69. The van der Waals surface area contributed by atoms with E-state index >= 15 is 0 Å². The van der Waals surface area contributed by atoms with Gasteiger partial charge in [-0.15, -0.1) is 0 Å². The van der Waals surface area contributed by atoms with Gasteiger partial charge < -0.3 is 14.6 Å². The summed E-state index contributed by atoms with van der Waals surface area (Å²) < 4.78 is 5.23. The summed E-state index contributed by atoms with van der Waals surface area (Å²) in [5, 5.41) is 3.76. The zero-order valence-electron chi connectivity index (χ0n) is 9.59. The first-order valence-electron chi connectivity index (χ1n) is 5.24. The molecular weight excluding hydrogens is 212 g/mol. The molecule has 4 heteroatoms. The number of hydrogen-bond acceptors (Lipinski definition) is 3. The Bertz CT molecular complexity index is 286. The van der Waals surface area contributed by atoms with E-state index in [1.54, 1.807) is 6.07 Å². The summed E-state index contributed by atoms with van der Waals surface area (Å²) in [7, 11) is 2.12. The van der Waals surface area contributed by atoms with Crippen LogP contribution in [0.2, 0.25) is 5.22 Å². The molecule has 0 spiro atoms. The first-order valence-corrected chi connectivity index (χ1v) is 5.62. The second-order valence-electron chi connectivity index (χ2n) is 3.96. The fraction of sp³-hybridized carbons (Fsp3) is 0.636. The van der Waals surface area contributed by atoms with Crippen LogP contribution in [0.5, 0.6) is 0 Å². The molecule has 0 saturated heterocycles. The molecule has 0 atom stereocenters. The molecule has 0 saturated carbocycles. The topological polar surface area (TPSA) is 28.4 Å². The zero-order chi connectivity index (χ0) is 11.3.